The summed E-state index contributed by atoms with van der Waals surface area (Å²) in [5, 5.41) is 10.7. The lowest BCUT2D eigenvalue weighted by Crippen LogP contribution is -1.97. The van der Waals surface area contributed by atoms with Crippen molar-refractivity contribution in [3.63, 3.8) is 0 Å². The van der Waals surface area contributed by atoms with Gasteiger partial charge in [0.15, 0.2) is 0 Å². The van der Waals surface area contributed by atoms with Crippen LogP contribution in [0.15, 0.2) is 18.2 Å². The van der Waals surface area contributed by atoms with Crippen molar-refractivity contribution in [3.8, 4) is 5.75 Å². The molecule has 0 unspecified atom stereocenters. The summed E-state index contributed by atoms with van der Waals surface area (Å²) in [6, 6.07) is 3.82. The quantitative estimate of drug-likeness (QED) is 0.471. The summed E-state index contributed by atoms with van der Waals surface area (Å²) in [4.78, 5) is 27.5. The highest BCUT2D eigenvalue weighted by molar-refractivity contribution is 7.50. The number of benzene rings is 1. The van der Waals surface area contributed by atoms with Crippen molar-refractivity contribution in [2.24, 2.45) is 0 Å². The van der Waals surface area contributed by atoms with E-state index in [1.807, 2.05) is 0 Å². The topological polar surface area (TPSA) is 110 Å². The Morgan fingerprint density at radius 3 is 2.56 bits per heavy atom. The molecule has 16 heavy (non-hydrogen) atoms. The average Bonchev–Trinajstić information content (AvgIpc) is 2.15. The smallest absolute Gasteiger partial charge is 0.330 e. The number of methoxy groups -OCH3 is 1. The van der Waals surface area contributed by atoms with Crippen LogP contribution in [0, 0.1) is 10.1 Å². The minimum absolute atomic E-state index is 0.0147. The maximum absolute atomic E-state index is 10.8. The molecule has 1 rings (SSSR count). The van der Waals surface area contributed by atoms with Gasteiger partial charge in [0.25, 0.3) is 5.69 Å². The summed E-state index contributed by atoms with van der Waals surface area (Å²) in [6.07, 6.45) is -0.659. The Kier molecular flexibility index (Phi) is 3.64. The number of hydrogen-bond donors (Lipinski definition) is 2. The minimum Gasteiger partial charge on any atom is -0.497 e. The van der Waals surface area contributed by atoms with E-state index in [4.69, 9.17) is 14.5 Å². The Hall–Kier alpha value is -1.43. The van der Waals surface area contributed by atoms with Crippen LogP contribution in [-0.2, 0) is 10.7 Å². The van der Waals surface area contributed by atoms with Gasteiger partial charge in [0, 0.05) is 5.56 Å². The Bertz CT molecular complexity index is 454. The number of nitro benzene ring substituents is 1. The molecule has 8 heteroatoms. The van der Waals surface area contributed by atoms with Gasteiger partial charge >= 0.3 is 7.60 Å². The molecule has 88 valence electrons. The summed E-state index contributed by atoms with van der Waals surface area (Å²) in [5.41, 5.74) is -0.373. The fraction of sp³-hybridized carbons (Fsp3) is 0.250. The zero-order valence-electron chi connectivity index (χ0n) is 8.36. The first-order chi connectivity index (χ1) is 7.33. The van der Waals surface area contributed by atoms with Crippen LogP contribution in [0.4, 0.5) is 5.69 Å². The molecule has 0 fully saturated rings. The highest BCUT2D eigenvalue weighted by Gasteiger charge is 2.22. The van der Waals surface area contributed by atoms with E-state index >= 15 is 0 Å². The molecular weight excluding hydrogens is 237 g/mol. The second-order valence-corrected chi connectivity index (χ2v) is 4.72. The molecule has 0 saturated heterocycles. The van der Waals surface area contributed by atoms with Gasteiger partial charge in [-0.3, -0.25) is 14.7 Å². The zero-order valence-corrected chi connectivity index (χ0v) is 9.26. The monoisotopic (exact) mass is 247 g/mol. The summed E-state index contributed by atoms with van der Waals surface area (Å²) >= 11 is 0. The van der Waals surface area contributed by atoms with E-state index in [-0.39, 0.29) is 17.0 Å². The van der Waals surface area contributed by atoms with Crippen LogP contribution in [0.2, 0.25) is 0 Å². The second-order valence-electron chi connectivity index (χ2n) is 3.07. The van der Waals surface area contributed by atoms with Crippen molar-refractivity contribution in [1.29, 1.82) is 0 Å². The third-order valence-corrected chi connectivity index (χ3v) is 2.62. The summed E-state index contributed by atoms with van der Waals surface area (Å²) in [7, 11) is -2.97. The van der Waals surface area contributed by atoms with Crippen LogP contribution in [-0.4, -0.2) is 21.8 Å². The van der Waals surface area contributed by atoms with E-state index in [9.17, 15) is 14.7 Å². The third-order valence-electron chi connectivity index (χ3n) is 1.87. The van der Waals surface area contributed by atoms with Crippen LogP contribution in [0.3, 0.4) is 0 Å². The van der Waals surface area contributed by atoms with Gasteiger partial charge in [0.2, 0.25) is 0 Å². The standard InChI is InChI=1S/C8H10NO6P/c1-15-7-3-2-6(5-16(12,13)14)8(4-7)9(10)11/h2-4H,5H2,1H3,(H2,12,13,14). The van der Waals surface area contributed by atoms with Gasteiger partial charge in [-0.2, -0.15) is 0 Å². The molecule has 0 bridgehead atoms. The first-order valence-corrected chi connectivity index (χ1v) is 5.99. The van der Waals surface area contributed by atoms with Gasteiger partial charge in [-0.25, -0.2) is 0 Å². The van der Waals surface area contributed by atoms with Crippen LogP contribution < -0.4 is 4.74 Å². The third kappa shape index (κ3) is 3.30. The SMILES string of the molecule is COc1ccc(CP(=O)(O)O)c([N+](=O)[O-])c1. The molecule has 0 radical (unpaired) electrons. The van der Waals surface area contributed by atoms with Gasteiger partial charge in [-0.1, -0.05) is 0 Å². The molecule has 7 nitrogen and oxygen atoms in total. The zero-order chi connectivity index (χ0) is 12.3. The van der Waals surface area contributed by atoms with E-state index < -0.39 is 18.7 Å². The summed E-state index contributed by atoms with van der Waals surface area (Å²) < 4.78 is 15.6. The number of hydrogen-bond acceptors (Lipinski definition) is 4. The predicted molar refractivity (Wildman–Crippen MR) is 55.4 cm³/mol. The van der Waals surface area contributed by atoms with Crippen molar-refractivity contribution in [2.45, 2.75) is 6.16 Å². The Balaban J connectivity index is 3.18. The predicted octanol–water partition coefficient (Wildman–Crippen LogP) is 1.28. The number of nitrogens with zero attached hydrogens (tertiary/aromatic N) is 1. The fourth-order valence-electron chi connectivity index (χ4n) is 1.20. The highest BCUT2D eigenvalue weighted by atomic mass is 31.2. The fourth-order valence-corrected chi connectivity index (χ4v) is 1.91. The van der Waals surface area contributed by atoms with E-state index in [1.165, 1.54) is 19.2 Å². The second kappa shape index (κ2) is 4.61. The Labute approximate surface area is 91.0 Å². The lowest BCUT2D eigenvalue weighted by Gasteiger charge is -2.06. The lowest BCUT2D eigenvalue weighted by atomic mass is 10.2. The van der Waals surface area contributed by atoms with Crippen LogP contribution in [0.1, 0.15) is 5.56 Å². The average molecular weight is 247 g/mol. The normalized spacial score (nSPS) is 11.2. The Morgan fingerprint density at radius 1 is 1.50 bits per heavy atom. The first-order valence-electron chi connectivity index (χ1n) is 4.19. The molecule has 0 heterocycles. The molecule has 0 aliphatic rings. The molecule has 0 atom stereocenters. The molecule has 0 saturated carbocycles. The largest absolute Gasteiger partial charge is 0.497 e. The van der Waals surface area contributed by atoms with Crippen LogP contribution in [0.5, 0.6) is 5.75 Å². The molecule has 0 aliphatic heterocycles. The Morgan fingerprint density at radius 2 is 2.12 bits per heavy atom. The van der Waals surface area contributed by atoms with E-state index in [2.05, 4.69) is 0 Å². The van der Waals surface area contributed by atoms with E-state index in [0.29, 0.717) is 0 Å². The molecule has 1 aromatic carbocycles. The number of rotatable bonds is 4. The first kappa shape index (κ1) is 12.6. The van der Waals surface area contributed by atoms with E-state index in [1.54, 1.807) is 0 Å². The number of nitro groups is 1. The van der Waals surface area contributed by atoms with Crippen molar-refractivity contribution in [3.05, 3.63) is 33.9 Å². The van der Waals surface area contributed by atoms with Crippen molar-refractivity contribution < 1.29 is 24.0 Å². The van der Waals surface area contributed by atoms with E-state index in [0.717, 1.165) is 6.07 Å². The highest BCUT2D eigenvalue weighted by Crippen LogP contribution is 2.42. The summed E-state index contributed by atoms with van der Waals surface area (Å²) in [6.45, 7) is 0. The molecule has 0 aromatic heterocycles. The lowest BCUT2D eigenvalue weighted by molar-refractivity contribution is -0.385. The summed E-state index contributed by atoms with van der Waals surface area (Å²) in [5.74, 6) is 0.265. The van der Waals surface area contributed by atoms with Gasteiger partial charge < -0.3 is 14.5 Å². The minimum atomic E-state index is -4.32. The van der Waals surface area contributed by atoms with Crippen LogP contribution >= 0.6 is 7.60 Å². The van der Waals surface area contributed by atoms with Gasteiger partial charge in [-0.05, 0) is 12.1 Å². The molecule has 1 aromatic rings. The molecule has 0 spiro atoms. The van der Waals surface area contributed by atoms with Crippen molar-refractivity contribution in [2.75, 3.05) is 7.11 Å². The van der Waals surface area contributed by atoms with Crippen LogP contribution in [0.25, 0.3) is 0 Å². The molecule has 0 amide bonds. The van der Waals surface area contributed by atoms with Crippen molar-refractivity contribution >= 4 is 13.3 Å². The van der Waals surface area contributed by atoms with Gasteiger partial charge in [-0.15, -0.1) is 0 Å². The van der Waals surface area contributed by atoms with Gasteiger partial charge in [0.1, 0.15) is 5.75 Å². The maximum atomic E-state index is 10.8. The van der Waals surface area contributed by atoms with Gasteiger partial charge in [0.05, 0.1) is 24.3 Å². The molecule has 0 aliphatic carbocycles. The number of ether oxygens (including phenoxy) is 1. The van der Waals surface area contributed by atoms with Crippen molar-refractivity contribution in [1.82, 2.24) is 0 Å². The molecular formula is C8H10NO6P. The maximum Gasteiger partial charge on any atom is 0.330 e. The molecule has 2 N–H and O–H groups in total.